The first-order valence-electron chi connectivity index (χ1n) is 9.33. The Morgan fingerprint density at radius 1 is 0.933 bits per heavy atom. The largest absolute Gasteiger partial charge is 0.416 e. The Balaban J connectivity index is 1.91. The van der Waals surface area contributed by atoms with Crippen LogP contribution in [0.25, 0.3) is 0 Å². The maximum absolute atomic E-state index is 13.1. The van der Waals surface area contributed by atoms with Crippen LogP contribution in [0.1, 0.15) is 34.3 Å². The third kappa shape index (κ3) is 4.95. The smallest absolute Gasteiger partial charge is 0.307 e. The van der Waals surface area contributed by atoms with Crippen molar-refractivity contribution in [1.29, 1.82) is 0 Å². The zero-order chi connectivity index (χ0) is 22.1. The summed E-state index contributed by atoms with van der Waals surface area (Å²) in [6, 6.07) is 8.01. The van der Waals surface area contributed by atoms with Crippen LogP contribution in [0.3, 0.4) is 0 Å². The Kier molecular flexibility index (Phi) is 6.12. The summed E-state index contributed by atoms with van der Waals surface area (Å²) in [6.45, 7) is 1.06. The highest BCUT2D eigenvalue weighted by Crippen LogP contribution is 2.32. The Morgan fingerprint density at radius 3 is 1.87 bits per heavy atom. The predicted molar refractivity (Wildman–Crippen MR) is 100 cm³/mol. The summed E-state index contributed by atoms with van der Waals surface area (Å²) in [7, 11) is 1.89. The van der Waals surface area contributed by atoms with Crippen molar-refractivity contribution >= 4 is 11.6 Å². The second-order valence-corrected chi connectivity index (χ2v) is 7.31. The fourth-order valence-electron chi connectivity index (χ4n) is 3.51. The van der Waals surface area contributed by atoms with E-state index < -0.39 is 29.4 Å². The number of anilines is 1. The van der Waals surface area contributed by atoms with Crippen LogP contribution in [0.5, 0.6) is 0 Å². The summed E-state index contributed by atoms with van der Waals surface area (Å²) in [4.78, 5) is 16.5. The van der Waals surface area contributed by atoms with Crippen molar-refractivity contribution in [2.24, 2.45) is 0 Å². The van der Waals surface area contributed by atoms with E-state index in [1.165, 1.54) is 17.0 Å². The molecule has 0 radical (unpaired) electrons. The van der Waals surface area contributed by atoms with Gasteiger partial charge in [-0.05, 0) is 75.0 Å². The van der Waals surface area contributed by atoms with E-state index in [1.807, 2.05) is 7.05 Å². The molecule has 0 N–H and O–H groups in total. The van der Waals surface area contributed by atoms with Gasteiger partial charge in [-0.3, -0.25) is 4.79 Å². The summed E-state index contributed by atoms with van der Waals surface area (Å²) in [5.41, 5.74) is -1.43. The lowest BCUT2D eigenvalue weighted by Gasteiger charge is -2.29. The van der Waals surface area contributed by atoms with E-state index in [1.54, 1.807) is 0 Å². The topological polar surface area (TPSA) is 23.6 Å². The number of rotatable bonds is 4. The lowest BCUT2D eigenvalue weighted by molar-refractivity contribution is -0.138. The van der Waals surface area contributed by atoms with Gasteiger partial charge in [-0.15, -0.1) is 0 Å². The number of hydrogen-bond acceptors (Lipinski definition) is 2. The highest BCUT2D eigenvalue weighted by atomic mass is 19.4. The van der Waals surface area contributed by atoms with Crippen molar-refractivity contribution in [2.75, 3.05) is 25.0 Å². The summed E-state index contributed by atoms with van der Waals surface area (Å²) >= 11 is 0. The fourth-order valence-corrected chi connectivity index (χ4v) is 3.51. The maximum Gasteiger partial charge on any atom is 0.416 e. The van der Waals surface area contributed by atoms with Gasteiger partial charge < -0.3 is 9.80 Å². The Labute approximate surface area is 169 Å². The summed E-state index contributed by atoms with van der Waals surface area (Å²) < 4.78 is 77.0. The molecule has 0 saturated carbocycles. The minimum Gasteiger partial charge on any atom is -0.307 e. The summed E-state index contributed by atoms with van der Waals surface area (Å²) in [5, 5.41) is 0. The third-order valence-corrected chi connectivity index (χ3v) is 5.28. The van der Waals surface area contributed by atoms with Crippen LogP contribution in [-0.2, 0) is 12.4 Å². The molecular weight excluding hydrogens is 410 g/mol. The van der Waals surface area contributed by atoms with Gasteiger partial charge in [0.05, 0.1) is 11.1 Å². The molecule has 2 aromatic rings. The molecule has 0 bridgehead atoms. The van der Waals surface area contributed by atoms with Gasteiger partial charge in [-0.25, -0.2) is 0 Å². The Bertz CT molecular complexity index is 874. The molecule has 1 atom stereocenters. The second kappa shape index (κ2) is 8.29. The molecule has 1 aliphatic rings. The number of hydrogen-bond donors (Lipinski definition) is 0. The lowest BCUT2D eigenvalue weighted by atomic mass is 10.1. The maximum atomic E-state index is 13.1. The monoisotopic (exact) mass is 430 g/mol. The number of halogens is 6. The molecule has 30 heavy (non-hydrogen) atoms. The Hall–Kier alpha value is -2.55. The van der Waals surface area contributed by atoms with Crippen LogP contribution in [0.2, 0.25) is 0 Å². The van der Waals surface area contributed by atoms with E-state index >= 15 is 0 Å². The molecule has 3 rings (SSSR count). The number of carbonyl (C=O) groups is 1. The minimum atomic E-state index is -4.53. The Morgan fingerprint density at radius 2 is 1.43 bits per heavy atom. The predicted octanol–water partition coefficient (Wildman–Crippen LogP) is 5.47. The number of nitrogens with zero attached hydrogens (tertiary/aromatic N) is 2. The number of amides is 1. The van der Waals surface area contributed by atoms with Gasteiger partial charge in [0.15, 0.2) is 0 Å². The molecule has 1 fully saturated rings. The summed E-state index contributed by atoms with van der Waals surface area (Å²) in [6.07, 6.45) is -7.29. The number of benzene rings is 2. The first kappa shape index (κ1) is 22.1. The molecule has 9 heteroatoms. The van der Waals surface area contributed by atoms with Crippen molar-refractivity contribution in [3.8, 4) is 0 Å². The average molecular weight is 430 g/mol. The first-order chi connectivity index (χ1) is 14.0. The van der Waals surface area contributed by atoms with Crippen LogP contribution in [0.15, 0.2) is 48.5 Å². The molecule has 0 unspecified atom stereocenters. The van der Waals surface area contributed by atoms with E-state index in [9.17, 15) is 31.1 Å². The van der Waals surface area contributed by atoms with E-state index in [-0.39, 0.29) is 23.8 Å². The van der Waals surface area contributed by atoms with E-state index in [0.29, 0.717) is 0 Å². The van der Waals surface area contributed by atoms with E-state index in [0.717, 1.165) is 55.8 Å². The van der Waals surface area contributed by atoms with Gasteiger partial charge in [0, 0.05) is 23.8 Å². The SMILES string of the molecule is CN1CCC[C@H]1CN(C(=O)c1ccc(C(F)(F)F)cc1)c1ccc(C(F)(F)F)cc1. The number of carbonyl (C=O) groups excluding carboxylic acids is 1. The molecule has 1 saturated heterocycles. The van der Waals surface area contributed by atoms with Crippen molar-refractivity contribution in [2.45, 2.75) is 31.2 Å². The average Bonchev–Trinajstić information content (AvgIpc) is 3.09. The molecule has 1 heterocycles. The molecule has 1 aliphatic heterocycles. The van der Waals surface area contributed by atoms with Crippen molar-refractivity contribution < 1.29 is 31.1 Å². The van der Waals surface area contributed by atoms with Gasteiger partial charge in [0.25, 0.3) is 5.91 Å². The van der Waals surface area contributed by atoms with Crippen molar-refractivity contribution in [1.82, 2.24) is 4.90 Å². The quantitative estimate of drug-likeness (QED) is 0.601. The standard InChI is InChI=1S/C21H20F6N2O/c1-28-12-2-3-18(28)13-29(17-10-8-16(9-11-17)21(25,26)27)19(30)14-4-6-15(7-5-14)20(22,23)24/h4-11,18H,2-3,12-13H2,1H3/t18-/m0/s1. The number of likely N-dealkylation sites (N-methyl/N-ethyl adjacent to an activating group) is 1. The highest BCUT2D eigenvalue weighted by Gasteiger charge is 2.33. The van der Waals surface area contributed by atoms with Gasteiger partial charge in [-0.2, -0.15) is 26.3 Å². The van der Waals surface area contributed by atoms with E-state index in [2.05, 4.69) is 4.90 Å². The van der Waals surface area contributed by atoms with Gasteiger partial charge in [0.2, 0.25) is 0 Å². The van der Waals surface area contributed by atoms with Crippen LogP contribution in [-0.4, -0.2) is 37.0 Å². The van der Waals surface area contributed by atoms with Gasteiger partial charge in [0.1, 0.15) is 0 Å². The minimum absolute atomic E-state index is 0.00527. The normalized spacial score (nSPS) is 17.9. The van der Waals surface area contributed by atoms with Crippen molar-refractivity contribution in [3.63, 3.8) is 0 Å². The van der Waals surface area contributed by atoms with Gasteiger partial charge in [-0.1, -0.05) is 0 Å². The highest BCUT2D eigenvalue weighted by molar-refractivity contribution is 6.06. The first-order valence-corrected chi connectivity index (χ1v) is 9.33. The molecule has 0 aliphatic carbocycles. The third-order valence-electron chi connectivity index (χ3n) is 5.28. The zero-order valence-electron chi connectivity index (χ0n) is 16.1. The van der Waals surface area contributed by atoms with Crippen LogP contribution < -0.4 is 4.90 Å². The molecule has 162 valence electrons. The molecule has 3 nitrogen and oxygen atoms in total. The van der Waals surface area contributed by atoms with Crippen molar-refractivity contribution in [3.05, 3.63) is 65.2 Å². The van der Waals surface area contributed by atoms with E-state index in [4.69, 9.17) is 0 Å². The van der Waals surface area contributed by atoms with Crippen LogP contribution in [0.4, 0.5) is 32.0 Å². The number of likely N-dealkylation sites (tertiary alicyclic amines) is 1. The van der Waals surface area contributed by atoms with Gasteiger partial charge >= 0.3 is 12.4 Å². The zero-order valence-corrected chi connectivity index (χ0v) is 16.1. The summed E-state index contributed by atoms with van der Waals surface area (Å²) in [5.74, 6) is -0.566. The van der Waals surface area contributed by atoms with Crippen LogP contribution >= 0.6 is 0 Å². The molecule has 2 aromatic carbocycles. The fraction of sp³-hybridized carbons (Fsp3) is 0.381. The molecule has 0 spiro atoms. The molecular formula is C21H20F6N2O. The molecule has 1 amide bonds. The number of alkyl halides is 6. The lowest BCUT2D eigenvalue weighted by Crippen LogP contribution is -2.42. The molecule has 0 aromatic heterocycles. The van der Waals surface area contributed by atoms with Crippen LogP contribution in [0, 0.1) is 0 Å². The second-order valence-electron chi connectivity index (χ2n) is 7.31.